The van der Waals surface area contributed by atoms with Gasteiger partial charge in [0, 0.05) is 17.1 Å². The Bertz CT molecular complexity index is 1070. The van der Waals surface area contributed by atoms with Crippen LogP contribution in [0.5, 0.6) is 0 Å². The third-order valence-electron chi connectivity index (χ3n) is 8.45. The highest BCUT2D eigenvalue weighted by Crippen LogP contribution is 2.58. The Balaban J connectivity index is 1.19. The Morgan fingerprint density at radius 2 is 1.91 bits per heavy atom. The summed E-state index contributed by atoms with van der Waals surface area (Å²) >= 11 is 7.25. The third kappa shape index (κ3) is 3.79. The van der Waals surface area contributed by atoms with Crippen molar-refractivity contribution < 1.29 is 9.53 Å². The Labute approximate surface area is 204 Å². The molecule has 2 aromatic heterocycles. The molecule has 7 rings (SSSR count). The first-order valence-electron chi connectivity index (χ1n) is 12.3. The summed E-state index contributed by atoms with van der Waals surface area (Å²) in [7, 11) is 1.44. The second-order valence-electron chi connectivity index (χ2n) is 10.9. The minimum Gasteiger partial charge on any atom is -0.465 e. The van der Waals surface area contributed by atoms with Crippen molar-refractivity contribution in [3.63, 3.8) is 0 Å². The lowest BCUT2D eigenvalue weighted by atomic mass is 9.53. The van der Waals surface area contributed by atoms with Gasteiger partial charge in [-0.1, -0.05) is 6.92 Å². The number of hydrogen-bond donors (Lipinski definition) is 2. The molecule has 176 valence electrons. The van der Waals surface area contributed by atoms with Gasteiger partial charge in [0.05, 0.1) is 18.2 Å². The highest BCUT2D eigenvalue weighted by atomic mass is 32.1. The number of methoxy groups -OCH3 is 1. The van der Waals surface area contributed by atoms with Crippen LogP contribution < -0.4 is 10.6 Å². The van der Waals surface area contributed by atoms with E-state index in [-0.39, 0.29) is 11.5 Å². The number of fused-ring (bicyclic) bond motifs is 1. The predicted molar refractivity (Wildman–Crippen MR) is 135 cm³/mol. The summed E-state index contributed by atoms with van der Waals surface area (Å²) in [5.41, 5.74) is 1.97. The SMILES string of the molecule is COC(=O)c1c(NC(=S)Nc2ccn(C34CC5CC(CC(C5)C3)C4)n2)sc2c1CC[C@@H](C)C2. The molecule has 6 nitrogen and oxygen atoms in total. The zero-order valence-electron chi connectivity index (χ0n) is 19.4. The van der Waals surface area contributed by atoms with Gasteiger partial charge in [0.2, 0.25) is 0 Å². The maximum Gasteiger partial charge on any atom is 0.341 e. The molecular formula is C25H32N4O2S2. The van der Waals surface area contributed by atoms with Crippen LogP contribution in [-0.4, -0.2) is 28.0 Å². The molecule has 0 radical (unpaired) electrons. The van der Waals surface area contributed by atoms with E-state index in [0.29, 0.717) is 16.6 Å². The molecule has 1 atom stereocenters. The van der Waals surface area contributed by atoms with Crippen LogP contribution in [0.2, 0.25) is 0 Å². The molecular weight excluding hydrogens is 452 g/mol. The van der Waals surface area contributed by atoms with E-state index >= 15 is 0 Å². The van der Waals surface area contributed by atoms with E-state index in [2.05, 4.69) is 28.4 Å². The van der Waals surface area contributed by atoms with E-state index in [9.17, 15) is 4.79 Å². The van der Waals surface area contributed by atoms with Crippen LogP contribution in [0, 0.1) is 23.7 Å². The van der Waals surface area contributed by atoms with Crippen molar-refractivity contribution in [3.8, 4) is 0 Å². The smallest absolute Gasteiger partial charge is 0.341 e. The maximum atomic E-state index is 12.6. The van der Waals surface area contributed by atoms with Crippen LogP contribution in [-0.2, 0) is 23.1 Å². The van der Waals surface area contributed by atoms with Crippen molar-refractivity contribution in [1.82, 2.24) is 9.78 Å². The van der Waals surface area contributed by atoms with E-state index in [1.807, 2.05) is 6.07 Å². The van der Waals surface area contributed by atoms with E-state index in [0.717, 1.165) is 53.4 Å². The minimum absolute atomic E-state index is 0.200. The van der Waals surface area contributed by atoms with Crippen LogP contribution in [0.1, 0.15) is 72.7 Å². The molecule has 8 heteroatoms. The van der Waals surface area contributed by atoms with Gasteiger partial charge >= 0.3 is 5.97 Å². The molecule has 0 aliphatic heterocycles. The fourth-order valence-electron chi connectivity index (χ4n) is 7.41. The Morgan fingerprint density at radius 1 is 1.21 bits per heavy atom. The number of carbonyl (C=O) groups is 1. The lowest BCUT2D eigenvalue weighted by Gasteiger charge is -2.56. The normalized spacial score (nSPS) is 31.8. The number of aromatic nitrogens is 2. The molecule has 4 bridgehead atoms. The highest BCUT2D eigenvalue weighted by molar-refractivity contribution is 7.80. The fraction of sp³-hybridized carbons (Fsp3) is 0.640. The molecule has 4 fully saturated rings. The van der Waals surface area contributed by atoms with Gasteiger partial charge in [-0.05, 0) is 99.2 Å². The zero-order chi connectivity index (χ0) is 22.7. The van der Waals surface area contributed by atoms with Crippen LogP contribution in [0.4, 0.5) is 10.8 Å². The summed E-state index contributed by atoms with van der Waals surface area (Å²) in [5.74, 6) is 3.74. The van der Waals surface area contributed by atoms with Gasteiger partial charge in [0.25, 0.3) is 0 Å². The Kier molecular flexibility index (Phi) is 5.29. The molecule has 2 aromatic rings. The van der Waals surface area contributed by atoms with Gasteiger partial charge in [-0.15, -0.1) is 11.3 Å². The number of hydrogen-bond acceptors (Lipinski definition) is 5. The molecule has 0 saturated heterocycles. The molecule has 33 heavy (non-hydrogen) atoms. The fourth-order valence-corrected chi connectivity index (χ4v) is 9.08. The van der Waals surface area contributed by atoms with Gasteiger partial charge in [0.1, 0.15) is 5.00 Å². The average Bonchev–Trinajstić information content (AvgIpc) is 3.36. The largest absolute Gasteiger partial charge is 0.465 e. The number of esters is 1. The quantitative estimate of drug-likeness (QED) is 0.436. The van der Waals surface area contributed by atoms with Crippen molar-refractivity contribution in [1.29, 1.82) is 0 Å². The van der Waals surface area contributed by atoms with Crippen molar-refractivity contribution in [2.75, 3.05) is 17.7 Å². The molecule has 0 amide bonds. The second kappa shape index (κ2) is 8.08. The van der Waals surface area contributed by atoms with Crippen LogP contribution >= 0.6 is 23.6 Å². The molecule has 5 aliphatic rings. The average molecular weight is 485 g/mol. The summed E-state index contributed by atoms with van der Waals surface area (Å²) in [4.78, 5) is 13.8. The van der Waals surface area contributed by atoms with E-state index in [1.165, 1.54) is 50.5 Å². The van der Waals surface area contributed by atoms with Gasteiger partial charge in [0.15, 0.2) is 10.9 Å². The van der Waals surface area contributed by atoms with Crippen LogP contribution in [0.15, 0.2) is 12.3 Å². The summed E-state index contributed by atoms with van der Waals surface area (Å²) in [6.07, 6.45) is 13.2. The molecule has 5 aliphatic carbocycles. The molecule has 4 saturated carbocycles. The van der Waals surface area contributed by atoms with Crippen molar-refractivity contribution in [2.24, 2.45) is 23.7 Å². The number of nitrogens with one attached hydrogen (secondary N) is 2. The topological polar surface area (TPSA) is 68.2 Å². The second-order valence-corrected chi connectivity index (χ2v) is 12.4. The molecule has 0 aromatic carbocycles. The first kappa shape index (κ1) is 21.6. The van der Waals surface area contributed by atoms with Crippen molar-refractivity contribution in [2.45, 2.75) is 70.3 Å². The Hall–Kier alpha value is -1.93. The lowest BCUT2D eigenvalue weighted by Crippen LogP contribution is -2.52. The number of nitrogens with zero attached hydrogens (tertiary/aromatic N) is 2. The van der Waals surface area contributed by atoms with Gasteiger partial charge in [-0.2, -0.15) is 5.10 Å². The summed E-state index contributed by atoms with van der Waals surface area (Å²) < 4.78 is 7.33. The third-order valence-corrected chi connectivity index (χ3v) is 9.82. The van der Waals surface area contributed by atoms with Gasteiger partial charge in [-0.25, -0.2) is 4.79 Å². The first-order valence-corrected chi connectivity index (χ1v) is 13.5. The maximum absolute atomic E-state index is 12.6. The Morgan fingerprint density at radius 3 is 2.58 bits per heavy atom. The highest BCUT2D eigenvalue weighted by Gasteiger charge is 2.52. The standard InChI is InChI=1S/C25H32N4O2S2/c1-14-3-4-18-19(7-14)33-22(21(18)23(30)31-2)27-24(32)26-20-5-6-29(28-20)25-11-15-8-16(12-25)10-17(9-15)13-25/h5-6,14-17H,3-4,7-13H2,1-2H3,(H2,26,27,28,32)/t14-,15?,16?,17?,25?/m1/s1. The molecule has 0 unspecified atom stereocenters. The summed E-state index contributed by atoms with van der Waals surface area (Å²) in [6, 6.07) is 2.02. The van der Waals surface area contributed by atoms with E-state index in [4.69, 9.17) is 22.1 Å². The van der Waals surface area contributed by atoms with Crippen molar-refractivity contribution >= 4 is 45.5 Å². The van der Waals surface area contributed by atoms with Crippen LogP contribution in [0.3, 0.4) is 0 Å². The van der Waals surface area contributed by atoms with Crippen molar-refractivity contribution in [3.05, 3.63) is 28.3 Å². The molecule has 2 N–H and O–H groups in total. The van der Waals surface area contributed by atoms with E-state index in [1.54, 1.807) is 11.3 Å². The first-order chi connectivity index (χ1) is 15.9. The molecule has 0 spiro atoms. The molecule has 2 heterocycles. The summed E-state index contributed by atoms with van der Waals surface area (Å²) in [6.45, 7) is 2.26. The minimum atomic E-state index is -0.293. The number of carbonyl (C=O) groups excluding carboxylic acids is 1. The van der Waals surface area contributed by atoms with E-state index < -0.39 is 0 Å². The monoisotopic (exact) mass is 484 g/mol. The summed E-state index contributed by atoms with van der Waals surface area (Å²) in [5, 5.41) is 12.7. The lowest BCUT2D eigenvalue weighted by molar-refractivity contribution is -0.0492. The predicted octanol–water partition coefficient (Wildman–Crippen LogP) is 5.59. The number of rotatable bonds is 4. The van der Waals surface area contributed by atoms with Gasteiger partial charge < -0.3 is 15.4 Å². The number of thiocarbonyl (C=S) groups is 1. The van der Waals surface area contributed by atoms with Crippen LogP contribution in [0.25, 0.3) is 0 Å². The zero-order valence-corrected chi connectivity index (χ0v) is 21.0. The number of thiophene rings is 1. The number of anilines is 2. The van der Waals surface area contributed by atoms with Gasteiger partial charge in [-0.3, -0.25) is 4.68 Å². The number of ether oxygens (including phenoxy) is 1.